The van der Waals surface area contributed by atoms with Crippen molar-refractivity contribution in [1.29, 1.82) is 0 Å². The minimum atomic E-state index is -7.26. The van der Waals surface area contributed by atoms with Crippen molar-refractivity contribution in [2.24, 2.45) is 0 Å². The maximum atomic E-state index is 12.5. The molecule has 0 heterocycles. The van der Waals surface area contributed by atoms with E-state index >= 15 is 0 Å². The molecule has 0 radical (unpaired) electrons. The molecule has 0 fully saturated rings. The molecule has 0 aromatic heterocycles. The summed E-state index contributed by atoms with van der Waals surface area (Å²) < 4.78 is 148. The lowest BCUT2D eigenvalue weighted by atomic mass is 10.0. The van der Waals surface area contributed by atoms with Crippen molar-refractivity contribution in [1.82, 2.24) is 0 Å². The average Bonchev–Trinajstić information content (AvgIpc) is 2.16. The maximum absolute atomic E-state index is 12.5. The van der Waals surface area contributed by atoms with Crippen LogP contribution in [-0.2, 0) is 9.53 Å². The molecular formula is C8H5F9O2. The van der Waals surface area contributed by atoms with Gasteiger partial charge in [0.25, 0.3) is 0 Å². The first kappa shape index (κ1) is 10.4. The van der Waals surface area contributed by atoms with Gasteiger partial charge in [0.15, 0.2) is 0 Å². The molecule has 0 aliphatic heterocycles. The number of hydrogen-bond acceptors (Lipinski definition) is 2. The molecule has 0 saturated carbocycles. The molecule has 0 spiro atoms. The number of halogens is 9. The van der Waals surface area contributed by atoms with E-state index in [1.54, 1.807) is 0 Å². The van der Waals surface area contributed by atoms with Gasteiger partial charge in [-0.15, -0.1) is 0 Å². The van der Waals surface area contributed by atoms with Crippen LogP contribution in [0.5, 0.6) is 0 Å². The lowest BCUT2D eigenvalue weighted by Gasteiger charge is -2.37. The largest absolute Gasteiger partial charge is 0.447 e. The van der Waals surface area contributed by atoms with Crippen LogP contribution in [-0.4, -0.2) is 30.1 Å². The molecule has 0 unspecified atom stereocenters. The van der Waals surface area contributed by atoms with Gasteiger partial charge < -0.3 is 4.74 Å². The second-order valence-electron chi connectivity index (χ2n) is 2.94. The number of carbonyl (C=O) groups excluding carboxylic acids is 1. The third-order valence-electron chi connectivity index (χ3n) is 1.65. The van der Waals surface area contributed by atoms with Gasteiger partial charge in [0.2, 0.25) is 0 Å². The van der Waals surface area contributed by atoms with Gasteiger partial charge in [0.05, 0.1) is 2.74 Å². The summed E-state index contributed by atoms with van der Waals surface area (Å²) in [5.41, 5.74) is -9.42. The lowest BCUT2D eigenvalue weighted by molar-refractivity contribution is -0.445. The standard InChI is InChI=1S/C8H5F9O2/c1-3(2)4(18)19-5(6(9,10)11,7(12,13)14)8(15,16)17/h1H2,2H3/i1D2,2D3. The van der Waals surface area contributed by atoms with E-state index in [0.717, 1.165) is 0 Å². The molecule has 0 amide bonds. The van der Waals surface area contributed by atoms with Gasteiger partial charge in [-0.2, -0.15) is 39.5 Å². The monoisotopic (exact) mass is 309 g/mol. The minimum Gasteiger partial charge on any atom is -0.429 e. The zero-order chi connectivity index (χ0) is 19.9. The van der Waals surface area contributed by atoms with Crippen molar-refractivity contribution >= 4 is 5.97 Å². The van der Waals surface area contributed by atoms with Gasteiger partial charge in [-0.25, -0.2) is 4.79 Å². The summed E-state index contributed by atoms with van der Waals surface area (Å²) in [5, 5.41) is 0. The normalized spacial score (nSPS) is 18.5. The Morgan fingerprint density at radius 3 is 1.58 bits per heavy atom. The molecular weight excluding hydrogens is 299 g/mol. The van der Waals surface area contributed by atoms with Crippen molar-refractivity contribution in [3.05, 3.63) is 12.1 Å². The molecule has 0 aliphatic rings. The van der Waals surface area contributed by atoms with E-state index in [9.17, 15) is 44.3 Å². The Hall–Kier alpha value is -1.42. The summed E-state index contributed by atoms with van der Waals surface area (Å²) in [6.45, 7) is -6.11. The van der Waals surface area contributed by atoms with E-state index in [0.29, 0.717) is 0 Å². The Morgan fingerprint density at radius 2 is 1.37 bits per heavy atom. The zero-order valence-corrected chi connectivity index (χ0v) is 8.22. The fourth-order valence-electron chi connectivity index (χ4n) is 0.846. The van der Waals surface area contributed by atoms with E-state index in [4.69, 9.17) is 6.85 Å². The van der Waals surface area contributed by atoms with Gasteiger partial charge in [-0.1, -0.05) is 6.53 Å². The van der Waals surface area contributed by atoms with E-state index in [1.165, 1.54) is 0 Å². The van der Waals surface area contributed by atoms with Crippen molar-refractivity contribution in [2.75, 3.05) is 0 Å². The van der Waals surface area contributed by atoms with Gasteiger partial charge >= 0.3 is 30.1 Å². The second kappa shape index (κ2) is 4.60. The van der Waals surface area contributed by atoms with Crippen LogP contribution in [0.3, 0.4) is 0 Å². The molecule has 0 N–H and O–H groups in total. The van der Waals surface area contributed by atoms with Gasteiger partial charge in [-0.05, 0) is 6.85 Å². The van der Waals surface area contributed by atoms with Crippen molar-refractivity contribution < 1.29 is 55.9 Å². The predicted octanol–water partition coefficient (Wildman–Crippen LogP) is 3.53. The minimum absolute atomic E-state index is 2.14. The highest BCUT2D eigenvalue weighted by atomic mass is 19.4. The highest BCUT2D eigenvalue weighted by Gasteiger charge is 2.87. The van der Waals surface area contributed by atoms with Crippen LogP contribution in [0, 0.1) is 0 Å². The number of ether oxygens (including phenoxy) is 1. The summed E-state index contributed by atoms with van der Waals surface area (Å²) >= 11 is 0. The summed E-state index contributed by atoms with van der Waals surface area (Å²) in [5.74, 6) is -3.28. The van der Waals surface area contributed by atoms with Gasteiger partial charge in [0, 0.05) is 9.69 Å². The van der Waals surface area contributed by atoms with Crippen LogP contribution in [0.25, 0.3) is 0 Å². The predicted molar refractivity (Wildman–Crippen MR) is 41.8 cm³/mol. The molecule has 0 aliphatic carbocycles. The Balaban J connectivity index is 6.48. The summed E-state index contributed by atoms with van der Waals surface area (Å²) in [6, 6.07) is 0. The van der Waals surface area contributed by atoms with E-state index in [2.05, 4.69) is 4.74 Å². The van der Waals surface area contributed by atoms with Crippen molar-refractivity contribution in [3.8, 4) is 0 Å². The first-order valence-electron chi connectivity index (χ1n) is 6.31. The van der Waals surface area contributed by atoms with Gasteiger partial charge in [0.1, 0.15) is 0 Å². The molecule has 0 aromatic rings. The SMILES string of the molecule is [2H]C([2H])=C(C(=O)OC(C(F)(F)F)(C(F)(F)F)C(F)(F)F)C([2H])([2H])[2H]. The smallest absolute Gasteiger partial charge is 0.429 e. The summed E-state index contributed by atoms with van der Waals surface area (Å²) in [7, 11) is 0. The summed E-state index contributed by atoms with van der Waals surface area (Å²) in [6.07, 6.45) is -21.8. The number of esters is 1. The van der Waals surface area contributed by atoms with Crippen LogP contribution >= 0.6 is 0 Å². The Bertz CT molecular complexity index is 488. The molecule has 19 heavy (non-hydrogen) atoms. The second-order valence-corrected chi connectivity index (χ2v) is 2.94. The number of hydrogen-bond donors (Lipinski definition) is 0. The molecule has 0 bridgehead atoms. The lowest BCUT2D eigenvalue weighted by Crippen LogP contribution is -2.68. The van der Waals surface area contributed by atoms with Gasteiger partial charge in [-0.3, -0.25) is 0 Å². The van der Waals surface area contributed by atoms with Crippen molar-refractivity contribution in [3.63, 3.8) is 0 Å². The third kappa shape index (κ3) is 2.95. The van der Waals surface area contributed by atoms with Crippen LogP contribution in [0.15, 0.2) is 12.1 Å². The molecule has 112 valence electrons. The maximum Gasteiger partial charge on any atom is 0.447 e. The fourth-order valence-corrected chi connectivity index (χ4v) is 0.846. The molecule has 11 heteroatoms. The number of carbonyl (C=O) groups is 1. The highest BCUT2D eigenvalue weighted by molar-refractivity contribution is 5.87. The number of rotatable bonds is 2. The zero-order valence-electron chi connectivity index (χ0n) is 13.2. The molecule has 0 atom stereocenters. The van der Waals surface area contributed by atoms with E-state index in [-0.39, 0.29) is 0 Å². The fraction of sp³-hybridized carbons (Fsp3) is 0.625. The van der Waals surface area contributed by atoms with Crippen LogP contribution in [0.2, 0.25) is 0 Å². The summed E-state index contributed by atoms with van der Waals surface area (Å²) in [4.78, 5) is 11.2. The quantitative estimate of drug-likeness (QED) is 0.443. The Labute approximate surface area is 106 Å². The first-order chi connectivity index (χ1) is 10.2. The van der Waals surface area contributed by atoms with E-state index in [1.807, 2.05) is 0 Å². The average molecular weight is 309 g/mol. The highest BCUT2D eigenvalue weighted by Crippen LogP contribution is 2.55. The van der Waals surface area contributed by atoms with E-state index < -0.39 is 49.1 Å². The van der Waals surface area contributed by atoms with Crippen LogP contribution < -0.4 is 0 Å². The molecule has 0 aromatic carbocycles. The molecule has 2 nitrogen and oxygen atoms in total. The third-order valence-corrected chi connectivity index (χ3v) is 1.65. The molecule has 0 saturated heterocycles. The Kier molecular flexibility index (Phi) is 2.51. The number of alkyl halides is 9. The van der Waals surface area contributed by atoms with Crippen LogP contribution in [0.4, 0.5) is 39.5 Å². The van der Waals surface area contributed by atoms with Crippen molar-refractivity contribution in [2.45, 2.75) is 31.0 Å². The van der Waals surface area contributed by atoms with Crippen LogP contribution in [0.1, 0.15) is 13.7 Å². The Morgan fingerprint density at radius 1 is 1.00 bits per heavy atom. The topological polar surface area (TPSA) is 26.3 Å². The first-order valence-corrected chi connectivity index (χ1v) is 3.81. The molecule has 0 rings (SSSR count).